The summed E-state index contributed by atoms with van der Waals surface area (Å²) >= 11 is 0. The quantitative estimate of drug-likeness (QED) is 0.821. The maximum absolute atomic E-state index is 12.4. The molecule has 3 unspecified atom stereocenters. The molecule has 104 valence electrons. The van der Waals surface area contributed by atoms with Crippen LogP contribution < -0.4 is 5.32 Å². The normalized spacial score (nSPS) is 31.4. The van der Waals surface area contributed by atoms with Gasteiger partial charge in [0.05, 0.1) is 6.10 Å². The molecule has 2 heterocycles. The Hall–Kier alpha value is -0.610. The molecule has 4 heteroatoms. The fraction of sp³-hybridized carbons (Fsp3) is 0.929. The molecule has 2 fully saturated rings. The second-order valence-electron chi connectivity index (χ2n) is 6.27. The first-order valence-electron chi connectivity index (χ1n) is 7.00. The van der Waals surface area contributed by atoms with Crippen LogP contribution in [0, 0.1) is 11.8 Å². The zero-order chi connectivity index (χ0) is 13.3. The van der Waals surface area contributed by atoms with Crippen molar-refractivity contribution in [2.45, 2.75) is 45.3 Å². The van der Waals surface area contributed by atoms with Crippen LogP contribution in [-0.4, -0.2) is 49.2 Å². The van der Waals surface area contributed by atoms with Gasteiger partial charge in [0.2, 0.25) is 5.91 Å². The molecular formula is C14H26N2O2. The van der Waals surface area contributed by atoms with Crippen LogP contribution in [0.15, 0.2) is 0 Å². The summed E-state index contributed by atoms with van der Waals surface area (Å²) in [5, 5.41) is 3.44. The number of carbonyl (C=O) groups is 1. The molecule has 1 N–H and O–H groups in total. The van der Waals surface area contributed by atoms with Crippen molar-refractivity contribution in [2.75, 3.05) is 26.7 Å². The van der Waals surface area contributed by atoms with Crippen LogP contribution in [0.3, 0.4) is 0 Å². The molecule has 0 spiro atoms. The summed E-state index contributed by atoms with van der Waals surface area (Å²) in [6.45, 7) is 9.47. The van der Waals surface area contributed by atoms with E-state index in [-0.39, 0.29) is 11.6 Å². The van der Waals surface area contributed by atoms with Gasteiger partial charge in [0.25, 0.3) is 0 Å². The molecule has 0 aliphatic carbocycles. The maximum atomic E-state index is 12.4. The van der Waals surface area contributed by atoms with E-state index in [1.807, 2.05) is 6.92 Å². The van der Waals surface area contributed by atoms with Gasteiger partial charge in [0.15, 0.2) is 0 Å². The summed E-state index contributed by atoms with van der Waals surface area (Å²) in [6.07, 6.45) is 1.58. The number of amides is 1. The minimum absolute atomic E-state index is 0.00155. The predicted octanol–water partition coefficient (Wildman–Crippen LogP) is 1.26. The predicted molar refractivity (Wildman–Crippen MR) is 71.3 cm³/mol. The lowest BCUT2D eigenvalue weighted by Crippen LogP contribution is -2.47. The van der Waals surface area contributed by atoms with Crippen LogP contribution in [0.1, 0.15) is 33.6 Å². The number of likely N-dealkylation sites (tertiary alicyclic amines) is 1. The van der Waals surface area contributed by atoms with E-state index in [0.29, 0.717) is 24.2 Å². The smallest absolute Gasteiger partial charge is 0.223 e. The van der Waals surface area contributed by atoms with E-state index < -0.39 is 0 Å². The number of hydrogen-bond acceptors (Lipinski definition) is 3. The summed E-state index contributed by atoms with van der Waals surface area (Å²) in [5.41, 5.74) is 0.00155. The average Bonchev–Trinajstić information content (AvgIpc) is 2.88. The summed E-state index contributed by atoms with van der Waals surface area (Å²) in [7, 11) is 1.70. The minimum Gasteiger partial charge on any atom is -0.382 e. The molecule has 0 aromatic rings. The molecule has 0 radical (unpaired) electrons. The molecule has 2 aliphatic rings. The first kappa shape index (κ1) is 13.8. The van der Waals surface area contributed by atoms with E-state index in [1.165, 1.54) is 0 Å². The summed E-state index contributed by atoms with van der Waals surface area (Å²) < 4.78 is 5.21. The third-order valence-electron chi connectivity index (χ3n) is 4.83. The SMILES string of the molecule is COC(C)CCC(=O)N1CC2CNCC2C1(C)C. The molecule has 2 rings (SSSR count). The van der Waals surface area contributed by atoms with E-state index in [2.05, 4.69) is 24.1 Å². The van der Waals surface area contributed by atoms with Crippen LogP contribution in [-0.2, 0) is 9.53 Å². The Kier molecular flexibility index (Phi) is 3.97. The van der Waals surface area contributed by atoms with Gasteiger partial charge in [0, 0.05) is 38.7 Å². The molecule has 1 amide bonds. The van der Waals surface area contributed by atoms with E-state index in [1.54, 1.807) is 7.11 Å². The van der Waals surface area contributed by atoms with Crippen molar-refractivity contribution in [2.24, 2.45) is 11.8 Å². The number of nitrogens with one attached hydrogen (secondary N) is 1. The van der Waals surface area contributed by atoms with Crippen molar-refractivity contribution in [3.8, 4) is 0 Å². The van der Waals surface area contributed by atoms with Gasteiger partial charge in [-0.2, -0.15) is 0 Å². The van der Waals surface area contributed by atoms with Crippen LogP contribution in [0.5, 0.6) is 0 Å². The lowest BCUT2D eigenvalue weighted by molar-refractivity contribution is -0.135. The number of nitrogens with zero attached hydrogens (tertiary/aromatic N) is 1. The fourth-order valence-corrected chi connectivity index (χ4v) is 3.42. The Morgan fingerprint density at radius 3 is 2.83 bits per heavy atom. The highest BCUT2D eigenvalue weighted by Gasteiger charge is 2.50. The van der Waals surface area contributed by atoms with Gasteiger partial charge in [-0.15, -0.1) is 0 Å². The summed E-state index contributed by atoms with van der Waals surface area (Å²) in [4.78, 5) is 14.5. The molecule has 4 nitrogen and oxygen atoms in total. The van der Waals surface area contributed by atoms with Crippen molar-refractivity contribution in [1.82, 2.24) is 10.2 Å². The first-order chi connectivity index (χ1) is 8.46. The monoisotopic (exact) mass is 254 g/mol. The van der Waals surface area contributed by atoms with E-state index in [4.69, 9.17) is 4.74 Å². The second-order valence-corrected chi connectivity index (χ2v) is 6.27. The van der Waals surface area contributed by atoms with E-state index in [9.17, 15) is 4.79 Å². The standard InChI is InChI=1S/C14H26N2O2/c1-10(18-4)5-6-13(17)16-9-11-7-15-8-12(11)14(16,2)3/h10-12,15H,5-9H2,1-4H3. The fourth-order valence-electron chi connectivity index (χ4n) is 3.42. The third kappa shape index (κ3) is 2.41. The Labute approximate surface area is 110 Å². The van der Waals surface area contributed by atoms with Gasteiger partial charge < -0.3 is 15.0 Å². The Balaban J connectivity index is 1.95. The van der Waals surface area contributed by atoms with Gasteiger partial charge in [0.1, 0.15) is 0 Å². The molecule has 0 saturated carbocycles. The Bertz CT molecular complexity index is 317. The molecule has 3 atom stereocenters. The molecular weight excluding hydrogens is 228 g/mol. The third-order valence-corrected chi connectivity index (χ3v) is 4.83. The minimum atomic E-state index is 0.00155. The number of ether oxygens (including phenoxy) is 1. The second kappa shape index (κ2) is 5.17. The summed E-state index contributed by atoms with van der Waals surface area (Å²) in [5.74, 6) is 1.54. The Morgan fingerprint density at radius 1 is 1.50 bits per heavy atom. The lowest BCUT2D eigenvalue weighted by Gasteiger charge is -2.36. The maximum Gasteiger partial charge on any atom is 0.223 e. The van der Waals surface area contributed by atoms with Gasteiger partial charge in [-0.1, -0.05) is 0 Å². The zero-order valence-electron chi connectivity index (χ0n) is 12.0. The van der Waals surface area contributed by atoms with Crippen LogP contribution in [0.2, 0.25) is 0 Å². The van der Waals surface area contributed by atoms with E-state index in [0.717, 1.165) is 26.1 Å². The highest BCUT2D eigenvalue weighted by Crippen LogP contribution is 2.40. The summed E-state index contributed by atoms with van der Waals surface area (Å²) in [6, 6.07) is 0. The largest absolute Gasteiger partial charge is 0.382 e. The molecule has 2 saturated heterocycles. The van der Waals surface area contributed by atoms with Gasteiger partial charge in [-0.25, -0.2) is 0 Å². The van der Waals surface area contributed by atoms with Crippen molar-refractivity contribution in [1.29, 1.82) is 0 Å². The average molecular weight is 254 g/mol. The number of hydrogen-bond donors (Lipinski definition) is 1. The van der Waals surface area contributed by atoms with Crippen LogP contribution >= 0.6 is 0 Å². The number of rotatable bonds is 4. The highest BCUT2D eigenvalue weighted by atomic mass is 16.5. The van der Waals surface area contributed by atoms with Gasteiger partial charge >= 0.3 is 0 Å². The molecule has 2 aliphatic heterocycles. The van der Waals surface area contributed by atoms with Crippen molar-refractivity contribution in [3.05, 3.63) is 0 Å². The van der Waals surface area contributed by atoms with Crippen LogP contribution in [0.25, 0.3) is 0 Å². The van der Waals surface area contributed by atoms with E-state index >= 15 is 0 Å². The number of methoxy groups -OCH3 is 1. The van der Waals surface area contributed by atoms with Crippen LogP contribution in [0.4, 0.5) is 0 Å². The number of carbonyl (C=O) groups excluding carboxylic acids is 1. The zero-order valence-corrected chi connectivity index (χ0v) is 12.0. The topological polar surface area (TPSA) is 41.6 Å². The molecule has 0 aromatic heterocycles. The molecule has 0 aromatic carbocycles. The Morgan fingerprint density at radius 2 is 2.22 bits per heavy atom. The highest BCUT2D eigenvalue weighted by molar-refractivity contribution is 5.77. The van der Waals surface area contributed by atoms with Crippen molar-refractivity contribution < 1.29 is 9.53 Å². The van der Waals surface area contributed by atoms with Gasteiger partial charge in [-0.3, -0.25) is 4.79 Å². The molecule has 0 bridgehead atoms. The lowest BCUT2D eigenvalue weighted by atomic mass is 9.85. The first-order valence-corrected chi connectivity index (χ1v) is 7.00. The van der Waals surface area contributed by atoms with Crippen molar-refractivity contribution in [3.63, 3.8) is 0 Å². The number of fused-ring (bicyclic) bond motifs is 1. The van der Waals surface area contributed by atoms with Crippen molar-refractivity contribution >= 4 is 5.91 Å². The molecule has 18 heavy (non-hydrogen) atoms. The van der Waals surface area contributed by atoms with Gasteiger partial charge in [-0.05, 0) is 39.0 Å².